The van der Waals surface area contributed by atoms with Gasteiger partial charge in [-0.2, -0.15) is 0 Å². The predicted octanol–water partition coefficient (Wildman–Crippen LogP) is 5.33. The average molecular weight is 354 g/mol. The Morgan fingerprint density at radius 3 is 2.60 bits per heavy atom. The number of rotatable bonds is 2. The van der Waals surface area contributed by atoms with Gasteiger partial charge < -0.3 is 10.4 Å². The van der Waals surface area contributed by atoms with E-state index in [4.69, 9.17) is 16.7 Å². The van der Waals surface area contributed by atoms with Gasteiger partial charge in [-0.25, -0.2) is 4.79 Å². The number of halogens is 1. The van der Waals surface area contributed by atoms with Crippen molar-refractivity contribution in [3.63, 3.8) is 0 Å². The van der Waals surface area contributed by atoms with E-state index in [1.54, 1.807) is 12.1 Å². The zero-order valence-electron chi connectivity index (χ0n) is 13.8. The number of carboxylic acid groups (broad SMARTS) is 1. The van der Waals surface area contributed by atoms with Gasteiger partial charge in [-0.15, -0.1) is 0 Å². The van der Waals surface area contributed by atoms with Gasteiger partial charge in [0.05, 0.1) is 11.6 Å². The van der Waals surface area contributed by atoms with E-state index in [0.717, 1.165) is 16.9 Å². The lowest BCUT2D eigenvalue weighted by Crippen LogP contribution is -2.35. The van der Waals surface area contributed by atoms with E-state index in [2.05, 4.69) is 17.4 Å². The van der Waals surface area contributed by atoms with Crippen LogP contribution in [-0.2, 0) is 0 Å². The first kappa shape index (κ1) is 15.3. The zero-order valence-corrected chi connectivity index (χ0v) is 14.5. The summed E-state index contributed by atoms with van der Waals surface area (Å²) in [5.41, 5.74) is 4.10. The van der Waals surface area contributed by atoms with Gasteiger partial charge in [-0.1, -0.05) is 23.7 Å². The summed E-state index contributed by atoms with van der Waals surface area (Å²) in [7, 11) is 0. The number of carbonyl (C=O) groups is 1. The minimum absolute atomic E-state index is 0.247. The highest BCUT2D eigenvalue weighted by atomic mass is 35.5. The first-order valence-electron chi connectivity index (χ1n) is 9.01. The minimum atomic E-state index is -0.874. The van der Waals surface area contributed by atoms with E-state index in [1.807, 2.05) is 18.2 Å². The molecular weight excluding hydrogens is 334 g/mol. The predicted molar refractivity (Wildman–Crippen MR) is 98.3 cm³/mol. The normalized spacial score (nSPS) is 32.0. The monoisotopic (exact) mass is 353 g/mol. The quantitative estimate of drug-likeness (QED) is 0.766. The van der Waals surface area contributed by atoms with Crippen molar-refractivity contribution in [1.82, 2.24) is 0 Å². The molecule has 2 bridgehead atoms. The number of hydrogen-bond acceptors (Lipinski definition) is 2. The lowest BCUT2D eigenvalue weighted by molar-refractivity contribution is 0.0697. The van der Waals surface area contributed by atoms with Crippen LogP contribution in [0.3, 0.4) is 0 Å². The van der Waals surface area contributed by atoms with Gasteiger partial charge in [0.25, 0.3) is 0 Å². The first-order chi connectivity index (χ1) is 12.1. The van der Waals surface area contributed by atoms with Crippen LogP contribution in [0.4, 0.5) is 5.69 Å². The van der Waals surface area contributed by atoms with Crippen molar-refractivity contribution in [1.29, 1.82) is 0 Å². The molecule has 25 heavy (non-hydrogen) atoms. The summed E-state index contributed by atoms with van der Waals surface area (Å²) in [6, 6.07) is 13.8. The Hall–Kier alpha value is -2.00. The highest BCUT2D eigenvalue weighted by Crippen LogP contribution is 2.63. The number of aromatic carboxylic acids is 1. The van der Waals surface area contributed by atoms with Crippen LogP contribution < -0.4 is 5.32 Å². The molecule has 2 aromatic rings. The van der Waals surface area contributed by atoms with Crippen LogP contribution in [0.15, 0.2) is 42.5 Å². The Morgan fingerprint density at radius 1 is 1.08 bits per heavy atom. The summed E-state index contributed by atoms with van der Waals surface area (Å²) in [4.78, 5) is 11.1. The number of nitrogens with one attached hydrogen (secondary N) is 1. The maximum absolute atomic E-state index is 11.1. The maximum Gasteiger partial charge on any atom is 0.335 e. The topological polar surface area (TPSA) is 49.3 Å². The van der Waals surface area contributed by atoms with Gasteiger partial charge in [-0.05, 0) is 84.4 Å². The molecule has 0 unspecified atom stereocenters. The minimum Gasteiger partial charge on any atom is -0.478 e. The van der Waals surface area contributed by atoms with E-state index >= 15 is 0 Å². The third kappa shape index (κ3) is 2.29. The second-order valence-corrected chi connectivity index (χ2v) is 8.15. The molecule has 128 valence electrons. The highest BCUT2D eigenvalue weighted by molar-refractivity contribution is 6.30. The fraction of sp³-hybridized carbons (Fsp3) is 0.381. The molecule has 5 rings (SSSR count). The summed E-state index contributed by atoms with van der Waals surface area (Å²) < 4.78 is 0. The number of carboxylic acids is 1. The number of fused-ring (bicyclic) bond motifs is 7. The van der Waals surface area contributed by atoms with Crippen LogP contribution in [0.5, 0.6) is 0 Å². The Kier molecular flexibility index (Phi) is 3.36. The summed E-state index contributed by atoms with van der Waals surface area (Å²) in [6.45, 7) is 0. The molecule has 0 spiro atoms. The molecule has 0 radical (unpaired) electrons. The molecule has 0 saturated heterocycles. The van der Waals surface area contributed by atoms with Gasteiger partial charge in [0, 0.05) is 10.7 Å². The van der Waals surface area contributed by atoms with Crippen LogP contribution >= 0.6 is 11.6 Å². The molecular formula is C21H20ClNO2. The largest absolute Gasteiger partial charge is 0.478 e. The molecule has 2 aromatic carbocycles. The molecule has 3 nitrogen and oxygen atoms in total. The summed E-state index contributed by atoms with van der Waals surface area (Å²) in [6.07, 6.45) is 3.95. The Bertz CT molecular complexity index is 847. The fourth-order valence-corrected chi connectivity index (χ4v) is 5.80. The molecule has 5 atom stereocenters. The van der Waals surface area contributed by atoms with Crippen molar-refractivity contribution in [2.75, 3.05) is 5.32 Å². The smallest absolute Gasteiger partial charge is 0.335 e. The molecule has 1 aliphatic heterocycles. The van der Waals surface area contributed by atoms with E-state index in [-0.39, 0.29) is 6.04 Å². The van der Waals surface area contributed by atoms with Crippen LogP contribution in [-0.4, -0.2) is 11.1 Å². The molecule has 2 fully saturated rings. The molecule has 0 amide bonds. The lowest BCUT2D eigenvalue weighted by atomic mass is 9.68. The van der Waals surface area contributed by atoms with Gasteiger partial charge >= 0.3 is 5.97 Å². The van der Waals surface area contributed by atoms with Crippen molar-refractivity contribution >= 4 is 23.3 Å². The van der Waals surface area contributed by atoms with E-state index in [9.17, 15) is 4.79 Å². The van der Waals surface area contributed by atoms with Gasteiger partial charge in [0.2, 0.25) is 0 Å². The van der Waals surface area contributed by atoms with Crippen molar-refractivity contribution in [2.45, 2.75) is 31.2 Å². The Morgan fingerprint density at radius 2 is 1.84 bits per heavy atom. The first-order valence-corrected chi connectivity index (χ1v) is 9.39. The third-order valence-corrected chi connectivity index (χ3v) is 6.80. The van der Waals surface area contributed by atoms with Gasteiger partial charge in [0.15, 0.2) is 0 Å². The fourth-order valence-electron chi connectivity index (χ4n) is 5.62. The van der Waals surface area contributed by atoms with E-state index in [0.29, 0.717) is 17.4 Å². The van der Waals surface area contributed by atoms with E-state index in [1.165, 1.54) is 36.1 Å². The van der Waals surface area contributed by atoms with Crippen molar-refractivity contribution in [2.24, 2.45) is 17.8 Å². The van der Waals surface area contributed by atoms with Crippen LogP contribution in [0.2, 0.25) is 5.02 Å². The molecule has 0 aromatic heterocycles. The lowest BCUT2D eigenvalue weighted by Gasteiger charge is -2.43. The van der Waals surface area contributed by atoms with Crippen molar-refractivity contribution < 1.29 is 9.90 Å². The summed E-state index contributed by atoms with van der Waals surface area (Å²) in [5, 5.41) is 13.7. The Balaban J connectivity index is 1.58. The average Bonchev–Trinajstić information content (AvgIpc) is 3.23. The SMILES string of the molecule is O=C(O)c1ccc([C@@H]2Nc3ccc(Cl)cc3[C@@H]3[C@H]4CC[C@@H](C4)[C@H]32)cc1. The molecule has 1 heterocycles. The third-order valence-electron chi connectivity index (χ3n) is 6.57. The van der Waals surface area contributed by atoms with Gasteiger partial charge in [-0.3, -0.25) is 0 Å². The highest BCUT2D eigenvalue weighted by Gasteiger charge is 2.53. The van der Waals surface area contributed by atoms with Crippen molar-refractivity contribution in [3.8, 4) is 0 Å². The van der Waals surface area contributed by atoms with E-state index < -0.39 is 5.97 Å². The molecule has 3 aliphatic rings. The second kappa shape index (κ2) is 5.50. The molecule has 2 aliphatic carbocycles. The van der Waals surface area contributed by atoms with Gasteiger partial charge in [0.1, 0.15) is 0 Å². The number of hydrogen-bond donors (Lipinski definition) is 2. The van der Waals surface area contributed by atoms with Crippen LogP contribution in [0.25, 0.3) is 0 Å². The number of anilines is 1. The van der Waals surface area contributed by atoms with Crippen LogP contribution in [0.1, 0.15) is 52.7 Å². The molecule has 4 heteroatoms. The maximum atomic E-state index is 11.1. The molecule has 2 N–H and O–H groups in total. The zero-order chi connectivity index (χ0) is 17.1. The summed E-state index contributed by atoms with van der Waals surface area (Å²) >= 11 is 6.29. The number of benzene rings is 2. The van der Waals surface area contributed by atoms with Crippen LogP contribution in [0, 0.1) is 17.8 Å². The van der Waals surface area contributed by atoms with Crippen molar-refractivity contribution in [3.05, 3.63) is 64.2 Å². The molecule has 2 saturated carbocycles. The second-order valence-electron chi connectivity index (χ2n) is 7.72. The summed E-state index contributed by atoms with van der Waals surface area (Å²) in [5.74, 6) is 1.77. The standard InChI is InChI=1S/C21H20ClNO2/c22-15-7-8-17-16(10-15)18-13-5-6-14(9-13)19(18)20(23-17)11-1-3-12(4-2-11)21(24)25/h1-4,7-8,10,13-14,18-20,23H,5-6,9H2,(H,24,25)/t13-,14-,18-,19+,20-/m0/s1. The Labute approximate surface area is 152 Å².